The van der Waals surface area contributed by atoms with Crippen LogP contribution in [0.1, 0.15) is 29.4 Å². The van der Waals surface area contributed by atoms with E-state index in [1.807, 2.05) is 0 Å². The van der Waals surface area contributed by atoms with E-state index in [4.69, 9.17) is 17.3 Å². The molecule has 0 saturated heterocycles. The number of hydrogen-bond acceptors (Lipinski definition) is 4. The highest BCUT2D eigenvalue weighted by molar-refractivity contribution is 6.34. The van der Waals surface area contributed by atoms with Crippen LogP contribution in [-0.2, 0) is 4.74 Å². The summed E-state index contributed by atoms with van der Waals surface area (Å²) in [6.07, 6.45) is -2.90. The van der Waals surface area contributed by atoms with Crippen molar-refractivity contribution >= 4 is 23.4 Å². The molecule has 0 aliphatic heterocycles. The van der Waals surface area contributed by atoms with E-state index < -0.39 is 23.1 Å². The molecule has 0 fully saturated rings. The smallest absolute Gasteiger partial charge is 0.339 e. The molecule has 1 rings (SSSR count). The summed E-state index contributed by atoms with van der Waals surface area (Å²) in [4.78, 5) is 14.7. The van der Waals surface area contributed by atoms with Crippen molar-refractivity contribution in [3.8, 4) is 0 Å². The number of aromatic nitrogens is 1. The van der Waals surface area contributed by atoms with Gasteiger partial charge in [-0.1, -0.05) is 11.6 Å². The minimum atomic E-state index is -2.90. The van der Waals surface area contributed by atoms with Gasteiger partial charge in [-0.2, -0.15) is 0 Å². The highest BCUT2D eigenvalue weighted by Crippen LogP contribution is 2.29. The van der Waals surface area contributed by atoms with Gasteiger partial charge in [-0.25, -0.2) is 18.6 Å². The number of alkyl halides is 2. The molecule has 0 unspecified atom stereocenters. The molecule has 0 aliphatic rings. The summed E-state index contributed by atoms with van der Waals surface area (Å²) in [6, 6.07) is 1.10. The van der Waals surface area contributed by atoms with Gasteiger partial charge in [0.05, 0.1) is 17.2 Å². The Bertz CT molecular complexity index is 413. The number of carbonyl (C=O) groups excluding carboxylic acids is 1. The Morgan fingerprint density at radius 1 is 1.69 bits per heavy atom. The monoisotopic (exact) mass is 250 g/mol. The average Bonchev–Trinajstić information content (AvgIpc) is 2.20. The molecular weight excluding hydrogens is 242 g/mol. The highest BCUT2D eigenvalue weighted by Gasteiger charge is 2.22. The van der Waals surface area contributed by atoms with E-state index in [1.165, 1.54) is 0 Å². The van der Waals surface area contributed by atoms with Crippen molar-refractivity contribution in [3.63, 3.8) is 0 Å². The molecule has 7 heteroatoms. The number of esters is 1. The van der Waals surface area contributed by atoms with Gasteiger partial charge < -0.3 is 10.5 Å². The number of pyridine rings is 1. The number of halogens is 3. The van der Waals surface area contributed by atoms with Crippen molar-refractivity contribution in [1.29, 1.82) is 0 Å². The molecule has 2 N–H and O–H groups in total. The minimum Gasteiger partial charge on any atom is -0.462 e. The van der Waals surface area contributed by atoms with Crippen LogP contribution in [0.15, 0.2) is 6.07 Å². The van der Waals surface area contributed by atoms with E-state index >= 15 is 0 Å². The van der Waals surface area contributed by atoms with Crippen molar-refractivity contribution in [2.75, 3.05) is 12.3 Å². The summed E-state index contributed by atoms with van der Waals surface area (Å²) >= 11 is 5.61. The van der Waals surface area contributed by atoms with Gasteiger partial charge in [0.15, 0.2) is 0 Å². The van der Waals surface area contributed by atoms with Gasteiger partial charge in [0.25, 0.3) is 6.43 Å². The predicted octanol–water partition coefficient (Wildman–Crippen LogP) is 2.43. The summed E-state index contributed by atoms with van der Waals surface area (Å²) in [5.74, 6) is -1.01. The standard InChI is InChI=1S/C9H9ClF2N2O2/c1-2-16-9(15)4-3-5(13)14-7(6(4)10)8(11)12/h3,8H,2H2,1H3,(H2,13,14). The first-order chi connectivity index (χ1) is 7.47. The summed E-state index contributed by atoms with van der Waals surface area (Å²) < 4.78 is 29.6. The number of nitrogen functional groups attached to an aromatic ring is 1. The van der Waals surface area contributed by atoms with Gasteiger partial charge in [-0.05, 0) is 13.0 Å². The first kappa shape index (κ1) is 12.6. The third-order valence-corrected chi connectivity index (χ3v) is 2.10. The second-order valence-electron chi connectivity index (χ2n) is 2.82. The van der Waals surface area contributed by atoms with Crippen LogP contribution in [0.5, 0.6) is 0 Å². The van der Waals surface area contributed by atoms with Gasteiger partial charge in [0.1, 0.15) is 11.5 Å². The van der Waals surface area contributed by atoms with Gasteiger partial charge in [0.2, 0.25) is 0 Å². The maximum absolute atomic E-state index is 12.5. The molecule has 88 valence electrons. The molecule has 16 heavy (non-hydrogen) atoms. The first-order valence-corrected chi connectivity index (χ1v) is 4.76. The fraction of sp³-hybridized carbons (Fsp3) is 0.333. The van der Waals surface area contributed by atoms with Crippen molar-refractivity contribution in [1.82, 2.24) is 4.98 Å². The van der Waals surface area contributed by atoms with E-state index in [1.54, 1.807) is 6.92 Å². The largest absolute Gasteiger partial charge is 0.462 e. The third kappa shape index (κ3) is 2.57. The van der Waals surface area contributed by atoms with E-state index in [2.05, 4.69) is 9.72 Å². The molecule has 0 bridgehead atoms. The van der Waals surface area contributed by atoms with E-state index in [-0.39, 0.29) is 18.0 Å². The van der Waals surface area contributed by atoms with Crippen molar-refractivity contribution in [2.24, 2.45) is 0 Å². The molecule has 1 aromatic rings. The Hall–Kier alpha value is -1.43. The van der Waals surface area contributed by atoms with Gasteiger partial charge >= 0.3 is 5.97 Å². The van der Waals surface area contributed by atoms with Crippen LogP contribution < -0.4 is 5.73 Å². The van der Waals surface area contributed by atoms with Crippen LogP contribution in [-0.4, -0.2) is 17.6 Å². The van der Waals surface area contributed by atoms with Crippen molar-refractivity contribution < 1.29 is 18.3 Å². The lowest BCUT2D eigenvalue weighted by Gasteiger charge is -2.08. The fourth-order valence-corrected chi connectivity index (χ4v) is 1.33. The third-order valence-electron chi connectivity index (χ3n) is 1.71. The first-order valence-electron chi connectivity index (χ1n) is 4.38. The van der Waals surface area contributed by atoms with Gasteiger partial charge in [0, 0.05) is 0 Å². The molecule has 0 atom stereocenters. The van der Waals surface area contributed by atoms with Gasteiger partial charge in [-0.15, -0.1) is 0 Å². The lowest BCUT2D eigenvalue weighted by atomic mass is 10.2. The normalized spacial score (nSPS) is 10.6. The van der Waals surface area contributed by atoms with E-state index in [9.17, 15) is 13.6 Å². The number of nitrogens with two attached hydrogens (primary N) is 1. The van der Waals surface area contributed by atoms with Gasteiger partial charge in [-0.3, -0.25) is 0 Å². The number of anilines is 1. The SMILES string of the molecule is CCOC(=O)c1cc(N)nc(C(F)F)c1Cl. The summed E-state index contributed by atoms with van der Waals surface area (Å²) in [5.41, 5.74) is 4.37. The van der Waals surface area contributed by atoms with Crippen LogP contribution in [0, 0.1) is 0 Å². The topological polar surface area (TPSA) is 65.2 Å². The number of hydrogen-bond donors (Lipinski definition) is 1. The lowest BCUT2D eigenvalue weighted by molar-refractivity contribution is 0.0526. The van der Waals surface area contributed by atoms with Crippen LogP contribution in [0.2, 0.25) is 5.02 Å². The molecule has 0 aliphatic carbocycles. The molecule has 1 heterocycles. The number of ether oxygens (including phenoxy) is 1. The Kier molecular flexibility index (Phi) is 4.00. The van der Waals surface area contributed by atoms with Crippen molar-refractivity contribution in [3.05, 3.63) is 22.3 Å². The molecule has 0 amide bonds. The van der Waals surface area contributed by atoms with Crippen LogP contribution in [0.25, 0.3) is 0 Å². The molecule has 0 spiro atoms. The summed E-state index contributed by atoms with van der Waals surface area (Å²) in [5, 5.41) is -0.428. The zero-order chi connectivity index (χ0) is 12.3. The molecule has 1 aromatic heterocycles. The molecular formula is C9H9ClF2N2O2. The molecule has 0 aromatic carbocycles. The summed E-state index contributed by atoms with van der Waals surface area (Å²) in [6.45, 7) is 1.70. The van der Waals surface area contributed by atoms with E-state index in [0.29, 0.717) is 0 Å². The molecule has 0 radical (unpaired) electrons. The second-order valence-corrected chi connectivity index (χ2v) is 3.19. The lowest BCUT2D eigenvalue weighted by Crippen LogP contribution is -2.09. The van der Waals surface area contributed by atoms with Crippen molar-refractivity contribution in [2.45, 2.75) is 13.3 Å². The van der Waals surface area contributed by atoms with E-state index in [0.717, 1.165) is 6.07 Å². The van der Waals surface area contributed by atoms with Crippen LogP contribution >= 0.6 is 11.6 Å². The zero-order valence-electron chi connectivity index (χ0n) is 8.34. The molecule has 0 saturated carbocycles. The number of rotatable bonds is 3. The Morgan fingerprint density at radius 3 is 2.81 bits per heavy atom. The number of carbonyl (C=O) groups is 1. The Balaban J connectivity index is 3.24. The summed E-state index contributed by atoms with van der Waals surface area (Å²) in [7, 11) is 0. The zero-order valence-corrected chi connectivity index (χ0v) is 9.09. The Labute approximate surface area is 95.4 Å². The maximum atomic E-state index is 12.5. The highest BCUT2D eigenvalue weighted by atomic mass is 35.5. The quantitative estimate of drug-likeness (QED) is 0.837. The second kappa shape index (κ2) is 5.07. The fourth-order valence-electron chi connectivity index (χ4n) is 1.07. The Morgan fingerprint density at radius 2 is 2.31 bits per heavy atom. The van der Waals surface area contributed by atoms with Crippen LogP contribution in [0.4, 0.5) is 14.6 Å². The van der Waals surface area contributed by atoms with Crippen LogP contribution in [0.3, 0.4) is 0 Å². The minimum absolute atomic E-state index is 0.113. The number of nitrogens with zero attached hydrogens (tertiary/aromatic N) is 1. The molecule has 4 nitrogen and oxygen atoms in total. The average molecular weight is 251 g/mol. The predicted molar refractivity (Wildman–Crippen MR) is 54.6 cm³/mol. The maximum Gasteiger partial charge on any atom is 0.339 e.